The Morgan fingerprint density at radius 3 is 2.74 bits per heavy atom. The molecule has 4 rings (SSSR count). The summed E-state index contributed by atoms with van der Waals surface area (Å²) in [5, 5.41) is 22.6. The van der Waals surface area contributed by atoms with Crippen molar-refractivity contribution in [2.45, 2.75) is 18.8 Å². The van der Waals surface area contributed by atoms with Crippen LogP contribution in [0.25, 0.3) is 11.0 Å². The average Bonchev–Trinajstić information content (AvgIpc) is 3.25. The van der Waals surface area contributed by atoms with Crippen LogP contribution in [-0.2, 0) is 20.7 Å². The summed E-state index contributed by atoms with van der Waals surface area (Å²) in [5.41, 5.74) is 1.39. The normalized spacial score (nSPS) is 19.1. The number of carbonyl (C=O) groups is 2. The number of amides is 2. The third-order valence-corrected chi connectivity index (χ3v) is 5.41. The molecule has 1 aromatic carbocycles. The van der Waals surface area contributed by atoms with E-state index in [4.69, 9.17) is 9.15 Å². The summed E-state index contributed by atoms with van der Waals surface area (Å²) in [4.78, 5) is 26.3. The molecule has 1 atom stereocenters. The topological polar surface area (TPSA) is 112 Å². The number of nitrogens with zero attached hydrogens (tertiary/aromatic N) is 1. The van der Waals surface area contributed by atoms with Crippen LogP contribution in [0.15, 0.2) is 34.9 Å². The van der Waals surface area contributed by atoms with Crippen LogP contribution in [0.5, 0.6) is 0 Å². The van der Waals surface area contributed by atoms with E-state index in [-0.39, 0.29) is 11.8 Å². The van der Waals surface area contributed by atoms with Crippen LogP contribution in [0, 0.1) is 5.41 Å². The summed E-state index contributed by atoms with van der Waals surface area (Å²) >= 11 is 0. The van der Waals surface area contributed by atoms with Gasteiger partial charge in [-0.3, -0.25) is 9.59 Å². The summed E-state index contributed by atoms with van der Waals surface area (Å²) < 4.78 is 10.7. The van der Waals surface area contributed by atoms with Crippen molar-refractivity contribution in [1.29, 1.82) is 0 Å². The van der Waals surface area contributed by atoms with Gasteiger partial charge in [0.25, 0.3) is 0 Å². The molecule has 0 aliphatic carbocycles. The fraction of sp³-hybridized carbons (Fsp3) is 0.444. The van der Waals surface area contributed by atoms with Gasteiger partial charge in [0.2, 0.25) is 0 Å². The van der Waals surface area contributed by atoms with Crippen LogP contribution in [0.2, 0.25) is 0 Å². The molecule has 0 saturated carbocycles. The number of fused-ring (bicyclic) bond motifs is 1. The zero-order valence-electron chi connectivity index (χ0n) is 14.8. The largest absolute Gasteiger partial charge is 0.475 e. The van der Waals surface area contributed by atoms with E-state index in [0.29, 0.717) is 31.9 Å². The van der Waals surface area contributed by atoms with E-state index in [2.05, 4.69) is 5.32 Å². The third-order valence-electron chi connectivity index (χ3n) is 5.41. The quantitative estimate of drug-likeness (QED) is 0.503. The van der Waals surface area contributed by atoms with E-state index in [1.54, 1.807) is 6.07 Å². The van der Waals surface area contributed by atoms with Gasteiger partial charge in [-0.25, -0.2) is 0 Å². The van der Waals surface area contributed by atoms with Crippen LogP contribution in [0.3, 0.4) is 0 Å². The first kappa shape index (κ1) is 18.0. The Morgan fingerprint density at radius 2 is 2.07 bits per heavy atom. The maximum atomic E-state index is 12.4. The molecule has 8 nitrogen and oxygen atoms in total. The maximum absolute atomic E-state index is 12.4. The minimum atomic E-state index is -1.81. The molecule has 0 radical (unpaired) electrons. The van der Waals surface area contributed by atoms with Gasteiger partial charge in [-0.15, -0.1) is 0 Å². The van der Waals surface area contributed by atoms with Crippen molar-refractivity contribution in [1.82, 2.24) is 10.2 Å². The smallest absolute Gasteiger partial charge is 0.464 e. The molecule has 1 spiro atoms. The molecule has 0 bridgehead atoms. The summed E-state index contributed by atoms with van der Waals surface area (Å²) in [5.74, 6) is -2.51. The van der Waals surface area contributed by atoms with Gasteiger partial charge in [0.1, 0.15) is 5.58 Å². The fourth-order valence-corrected chi connectivity index (χ4v) is 3.77. The molecule has 27 heavy (non-hydrogen) atoms. The lowest BCUT2D eigenvalue weighted by atomic mass is 9.76. The molecule has 2 fully saturated rings. The van der Waals surface area contributed by atoms with Gasteiger partial charge in [-0.05, 0) is 24.5 Å². The van der Waals surface area contributed by atoms with Crippen LogP contribution in [-0.4, -0.2) is 66.1 Å². The summed E-state index contributed by atoms with van der Waals surface area (Å²) in [6.07, 6.45) is 2.47. The van der Waals surface area contributed by atoms with Gasteiger partial charge in [0.05, 0.1) is 25.4 Å². The Hall–Kier alpha value is -2.36. The lowest BCUT2D eigenvalue weighted by Gasteiger charge is -2.37. The number of nitrogens with one attached hydrogen (secondary N) is 1. The first-order valence-electron chi connectivity index (χ1n) is 8.96. The minimum absolute atomic E-state index is 0.0124. The van der Waals surface area contributed by atoms with Crippen LogP contribution in [0.4, 0.5) is 0 Å². The highest BCUT2D eigenvalue weighted by molar-refractivity contribution is 6.45. The standard InChI is InChI=1S/C18H21BN2O6/c22-16(17(23)21-6-5-18(9-21)10-26-11-18)20-15(19(24)25)7-12-8-27-14-4-2-1-3-13(12)14/h1-4,8,15,24-25H,5-7,9-11H2,(H,20,22). The first-order chi connectivity index (χ1) is 13.0. The number of carbonyl (C=O) groups excluding carboxylic acids is 2. The number of hydrogen-bond donors (Lipinski definition) is 3. The van der Waals surface area contributed by atoms with E-state index in [0.717, 1.165) is 17.4 Å². The lowest BCUT2D eigenvalue weighted by molar-refractivity contribution is -0.147. The molecule has 1 aromatic heterocycles. The van der Waals surface area contributed by atoms with Crippen molar-refractivity contribution in [3.8, 4) is 0 Å². The summed E-state index contributed by atoms with van der Waals surface area (Å²) in [6, 6.07) is 7.34. The SMILES string of the molecule is O=C(NC(Cc1coc2ccccc12)B(O)O)C(=O)N1CCC2(COC2)C1. The Kier molecular flexibility index (Phi) is 4.67. The Morgan fingerprint density at radius 1 is 1.30 bits per heavy atom. The molecule has 2 aromatic rings. The van der Waals surface area contributed by atoms with Gasteiger partial charge < -0.3 is 29.4 Å². The van der Waals surface area contributed by atoms with Crippen molar-refractivity contribution < 1.29 is 28.8 Å². The van der Waals surface area contributed by atoms with Gasteiger partial charge >= 0.3 is 18.9 Å². The zero-order chi connectivity index (χ0) is 19.0. The van der Waals surface area contributed by atoms with Crippen LogP contribution < -0.4 is 5.32 Å². The Labute approximate surface area is 156 Å². The van der Waals surface area contributed by atoms with E-state index >= 15 is 0 Å². The number of benzene rings is 1. The average molecular weight is 372 g/mol. The molecule has 2 amide bonds. The van der Waals surface area contributed by atoms with Gasteiger partial charge in [-0.2, -0.15) is 0 Å². The molecule has 2 saturated heterocycles. The predicted octanol–water partition coefficient (Wildman–Crippen LogP) is -0.279. The highest BCUT2D eigenvalue weighted by Gasteiger charge is 2.46. The minimum Gasteiger partial charge on any atom is -0.464 e. The molecule has 142 valence electrons. The molecule has 9 heteroatoms. The number of hydrogen-bond acceptors (Lipinski definition) is 6. The number of ether oxygens (including phenoxy) is 1. The molecule has 2 aliphatic heterocycles. The molecule has 3 heterocycles. The monoisotopic (exact) mass is 372 g/mol. The maximum Gasteiger partial charge on any atom is 0.475 e. The Balaban J connectivity index is 1.42. The van der Waals surface area contributed by atoms with Crippen molar-refractivity contribution in [3.05, 3.63) is 36.1 Å². The molecule has 1 unspecified atom stereocenters. The highest BCUT2D eigenvalue weighted by Crippen LogP contribution is 2.37. The van der Waals surface area contributed by atoms with Crippen LogP contribution in [0.1, 0.15) is 12.0 Å². The zero-order valence-corrected chi connectivity index (χ0v) is 14.8. The van der Waals surface area contributed by atoms with Crippen molar-refractivity contribution in [3.63, 3.8) is 0 Å². The third kappa shape index (κ3) is 3.45. The van der Waals surface area contributed by atoms with Gasteiger partial charge in [0, 0.05) is 23.9 Å². The lowest BCUT2D eigenvalue weighted by Crippen LogP contribution is -2.53. The van der Waals surface area contributed by atoms with Gasteiger partial charge in [-0.1, -0.05) is 18.2 Å². The van der Waals surface area contributed by atoms with E-state index < -0.39 is 24.9 Å². The number of para-hydroxylation sites is 1. The molecular weight excluding hydrogens is 351 g/mol. The predicted molar refractivity (Wildman–Crippen MR) is 96.5 cm³/mol. The van der Waals surface area contributed by atoms with E-state index in [1.807, 2.05) is 18.2 Å². The first-order valence-corrected chi connectivity index (χ1v) is 8.96. The van der Waals surface area contributed by atoms with E-state index in [1.165, 1.54) is 11.2 Å². The number of rotatable bonds is 4. The summed E-state index contributed by atoms with van der Waals surface area (Å²) in [7, 11) is -1.81. The molecule has 2 aliphatic rings. The van der Waals surface area contributed by atoms with Crippen molar-refractivity contribution in [2.24, 2.45) is 5.41 Å². The molecule has 3 N–H and O–H groups in total. The second-order valence-electron chi connectivity index (χ2n) is 7.42. The number of likely N-dealkylation sites (tertiary alicyclic amines) is 1. The van der Waals surface area contributed by atoms with Crippen molar-refractivity contribution >= 4 is 29.9 Å². The van der Waals surface area contributed by atoms with Crippen molar-refractivity contribution in [2.75, 3.05) is 26.3 Å². The fourth-order valence-electron chi connectivity index (χ4n) is 3.77. The second-order valence-corrected chi connectivity index (χ2v) is 7.42. The van der Waals surface area contributed by atoms with E-state index in [9.17, 15) is 19.6 Å². The summed E-state index contributed by atoms with van der Waals surface area (Å²) in [6.45, 7) is 2.24. The number of furan rings is 1. The van der Waals surface area contributed by atoms with Crippen LogP contribution >= 0.6 is 0 Å². The Bertz CT molecular complexity index is 862. The van der Waals surface area contributed by atoms with Gasteiger partial charge in [0.15, 0.2) is 0 Å². The highest BCUT2D eigenvalue weighted by atomic mass is 16.5. The molecular formula is C18H21BN2O6. The second kappa shape index (κ2) is 6.99.